The van der Waals surface area contributed by atoms with E-state index in [1.54, 1.807) is 38.4 Å². The molecule has 0 fully saturated rings. The van der Waals surface area contributed by atoms with Crippen LogP contribution in [0.4, 0.5) is 5.69 Å². The highest BCUT2D eigenvalue weighted by molar-refractivity contribution is 7.92. The fourth-order valence-corrected chi connectivity index (χ4v) is 3.97. The van der Waals surface area contributed by atoms with E-state index in [4.69, 9.17) is 16.3 Å². The second-order valence-electron chi connectivity index (χ2n) is 5.50. The number of methoxy groups -OCH3 is 1. The Morgan fingerprint density at radius 2 is 1.72 bits per heavy atom. The Morgan fingerprint density at radius 1 is 1.08 bits per heavy atom. The summed E-state index contributed by atoms with van der Waals surface area (Å²) >= 11 is 5.87. The summed E-state index contributed by atoms with van der Waals surface area (Å²) in [6, 6.07) is 9.13. The number of nitrogens with one attached hydrogen (secondary N) is 1. The van der Waals surface area contributed by atoms with E-state index < -0.39 is 10.0 Å². The minimum atomic E-state index is -3.86. The molecule has 25 heavy (non-hydrogen) atoms. The van der Waals surface area contributed by atoms with Crippen LogP contribution in [0.3, 0.4) is 0 Å². The summed E-state index contributed by atoms with van der Waals surface area (Å²) in [4.78, 5) is 12.1. The molecule has 0 atom stereocenters. The normalized spacial score (nSPS) is 11.7. The van der Waals surface area contributed by atoms with Gasteiger partial charge in [0.15, 0.2) is 0 Å². The summed E-state index contributed by atoms with van der Waals surface area (Å²) in [6.07, 6.45) is 0. The molecule has 9 heteroatoms. The molecule has 0 bridgehead atoms. The zero-order chi connectivity index (χ0) is 18.4. The van der Waals surface area contributed by atoms with Crippen LogP contribution in [0.5, 0.6) is 5.75 Å². The number of ether oxygens (including phenoxy) is 1. The fraction of sp³-hybridized carbons (Fsp3) is 0.188. The van der Waals surface area contributed by atoms with Crippen molar-refractivity contribution in [3.05, 3.63) is 51.9 Å². The lowest BCUT2D eigenvalue weighted by Crippen LogP contribution is -2.19. The second kappa shape index (κ2) is 6.12. The Labute approximate surface area is 149 Å². The number of aryl methyl sites for hydroxylation is 2. The number of aromatic nitrogens is 2. The van der Waals surface area contributed by atoms with E-state index in [1.165, 1.54) is 28.4 Å². The smallest absolute Gasteiger partial charge is 0.328 e. The van der Waals surface area contributed by atoms with Gasteiger partial charge in [0.05, 0.1) is 28.7 Å². The maximum atomic E-state index is 12.6. The highest BCUT2D eigenvalue weighted by atomic mass is 35.5. The van der Waals surface area contributed by atoms with E-state index >= 15 is 0 Å². The van der Waals surface area contributed by atoms with Crippen molar-refractivity contribution in [1.29, 1.82) is 0 Å². The maximum Gasteiger partial charge on any atom is 0.328 e. The summed E-state index contributed by atoms with van der Waals surface area (Å²) < 4.78 is 35.9. The summed E-state index contributed by atoms with van der Waals surface area (Å²) in [5.74, 6) is 0.305. The number of nitrogens with zero attached hydrogens (tertiary/aromatic N) is 2. The Kier molecular flexibility index (Phi) is 4.26. The molecule has 0 amide bonds. The van der Waals surface area contributed by atoms with Gasteiger partial charge in [-0.25, -0.2) is 13.2 Å². The van der Waals surface area contributed by atoms with Gasteiger partial charge in [-0.3, -0.25) is 13.9 Å². The number of fused-ring (bicyclic) bond motifs is 1. The van der Waals surface area contributed by atoms with Crippen molar-refractivity contribution < 1.29 is 13.2 Å². The number of halogens is 1. The van der Waals surface area contributed by atoms with Crippen LogP contribution < -0.4 is 15.1 Å². The molecule has 0 saturated carbocycles. The zero-order valence-electron chi connectivity index (χ0n) is 13.8. The van der Waals surface area contributed by atoms with Crippen LogP contribution in [-0.4, -0.2) is 24.7 Å². The number of imidazole rings is 1. The average Bonchev–Trinajstić information content (AvgIpc) is 2.78. The van der Waals surface area contributed by atoms with E-state index in [1.807, 2.05) is 0 Å². The Hall–Kier alpha value is -2.45. The first-order valence-corrected chi connectivity index (χ1v) is 9.12. The van der Waals surface area contributed by atoms with Crippen LogP contribution in [0, 0.1) is 0 Å². The lowest BCUT2D eigenvalue weighted by molar-refractivity contribution is 0.417. The molecular weight excluding hydrogens is 366 g/mol. The molecule has 1 N–H and O–H groups in total. The highest BCUT2D eigenvalue weighted by Crippen LogP contribution is 2.31. The largest absolute Gasteiger partial charge is 0.494 e. The van der Waals surface area contributed by atoms with Gasteiger partial charge in [0.1, 0.15) is 5.75 Å². The van der Waals surface area contributed by atoms with Crippen LogP contribution in [0.25, 0.3) is 11.0 Å². The van der Waals surface area contributed by atoms with Crippen molar-refractivity contribution in [3.63, 3.8) is 0 Å². The van der Waals surface area contributed by atoms with E-state index in [0.29, 0.717) is 21.8 Å². The summed E-state index contributed by atoms with van der Waals surface area (Å²) in [6.45, 7) is 0. The quantitative estimate of drug-likeness (QED) is 0.752. The predicted molar refractivity (Wildman–Crippen MR) is 97.0 cm³/mol. The van der Waals surface area contributed by atoms with Crippen molar-refractivity contribution in [1.82, 2.24) is 9.13 Å². The molecule has 3 rings (SSSR count). The fourth-order valence-electron chi connectivity index (χ4n) is 2.61. The van der Waals surface area contributed by atoms with Gasteiger partial charge in [-0.15, -0.1) is 0 Å². The molecule has 0 saturated heterocycles. The van der Waals surface area contributed by atoms with Crippen LogP contribution in [0.1, 0.15) is 0 Å². The third-order valence-corrected chi connectivity index (χ3v) is 5.54. The molecule has 3 aromatic rings. The molecule has 1 aromatic heterocycles. The zero-order valence-corrected chi connectivity index (χ0v) is 15.4. The van der Waals surface area contributed by atoms with Crippen LogP contribution in [0.2, 0.25) is 5.02 Å². The SMILES string of the molecule is COc1cc2c(cc1NS(=O)(=O)c1cccc(Cl)c1)n(C)c(=O)n2C. The highest BCUT2D eigenvalue weighted by Gasteiger charge is 2.19. The Balaban J connectivity index is 2.15. The van der Waals surface area contributed by atoms with Crippen LogP contribution in [-0.2, 0) is 24.1 Å². The number of benzene rings is 2. The maximum absolute atomic E-state index is 12.6. The monoisotopic (exact) mass is 381 g/mol. The Bertz CT molecular complexity index is 1130. The van der Waals surface area contributed by atoms with Gasteiger partial charge in [-0.05, 0) is 24.3 Å². The molecule has 0 spiro atoms. The van der Waals surface area contributed by atoms with Gasteiger partial charge >= 0.3 is 5.69 Å². The third kappa shape index (κ3) is 2.98. The van der Waals surface area contributed by atoms with Crippen LogP contribution >= 0.6 is 11.6 Å². The second-order valence-corrected chi connectivity index (χ2v) is 7.62. The number of hydrogen-bond donors (Lipinski definition) is 1. The minimum Gasteiger partial charge on any atom is -0.494 e. The van der Waals surface area contributed by atoms with Crippen molar-refractivity contribution in [2.75, 3.05) is 11.8 Å². The van der Waals surface area contributed by atoms with Crippen molar-refractivity contribution >= 4 is 38.3 Å². The standard InChI is InChI=1S/C16H16ClN3O4S/c1-19-13-8-12(15(24-3)9-14(13)20(2)16(19)21)18-25(22,23)11-6-4-5-10(17)7-11/h4-9,18H,1-3H3. The predicted octanol–water partition coefficient (Wildman–Crippen LogP) is 2.34. The van der Waals surface area contributed by atoms with E-state index in [9.17, 15) is 13.2 Å². The summed E-state index contributed by atoms with van der Waals surface area (Å²) in [5, 5.41) is 0.316. The molecule has 7 nitrogen and oxygen atoms in total. The molecule has 0 aliphatic carbocycles. The van der Waals surface area contributed by atoms with Gasteiger partial charge in [0.2, 0.25) is 0 Å². The molecular formula is C16H16ClN3O4S. The number of sulfonamides is 1. The van der Waals surface area contributed by atoms with Crippen molar-refractivity contribution in [3.8, 4) is 5.75 Å². The van der Waals surface area contributed by atoms with E-state index in [2.05, 4.69) is 4.72 Å². The van der Waals surface area contributed by atoms with Gasteiger partial charge in [0, 0.05) is 25.2 Å². The average molecular weight is 382 g/mol. The summed E-state index contributed by atoms with van der Waals surface area (Å²) in [7, 11) is 0.824. The van der Waals surface area contributed by atoms with Crippen molar-refractivity contribution in [2.45, 2.75) is 4.90 Å². The minimum absolute atomic E-state index is 0.0316. The third-order valence-electron chi connectivity index (χ3n) is 3.94. The molecule has 132 valence electrons. The van der Waals surface area contributed by atoms with Gasteiger partial charge < -0.3 is 4.74 Å². The van der Waals surface area contributed by atoms with Gasteiger partial charge in [-0.1, -0.05) is 17.7 Å². The van der Waals surface area contributed by atoms with Crippen LogP contribution in [0.15, 0.2) is 46.1 Å². The summed E-state index contributed by atoms with van der Waals surface area (Å²) in [5.41, 5.74) is 1.23. The molecule has 0 unspecified atom stereocenters. The van der Waals surface area contributed by atoms with E-state index in [-0.39, 0.29) is 16.3 Å². The lowest BCUT2D eigenvalue weighted by Gasteiger charge is -2.13. The first kappa shape index (κ1) is 17.4. The molecule has 1 heterocycles. The Morgan fingerprint density at radius 3 is 2.32 bits per heavy atom. The molecule has 0 aliphatic rings. The molecule has 0 aliphatic heterocycles. The molecule has 2 aromatic carbocycles. The topological polar surface area (TPSA) is 82.3 Å². The molecule has 0 radical (unpaired) electrons. The lowest BCUT2D eigenvalue weighted by atomic mass is 10.2. The number of anilines is 1. The number of hydrogen-bond acceptors (Lipinski definition) is 4. The van der Waals surface area contributed by atoms with Gasteiger partial charge in [-0.2, -0.15) is 0 Å². The number of rotatable bonds is 4. The van der Waals surface area contributed by atoms with Gasteiger partial charge in [0.25, 0.3) is 10.0 Å². The van der Waals surface area contributed by atoms with Crippen molar-refractivity contribution in [2.24, 2.45) is 14.1 Å². The first-order valence-electron chi connectivity index (χ1n) is 7.26. The first-order chi connectivity index (χ1) is 11.7. The van der Waals surface area contributed by atoms with E-state index in [0.717, 1.165) is 0 Å².